The Morgan fingerprint density at radius 2 is 2.03 bits per heavy atom. The molecule has 2 saturated carbocycles. The molecule has 2 heterocycles. The normalized spacial score (nSPS) is 26.9. The third-order valence-corrected chi connectivity index (χ3v) is 8.12. The molecule has 0 N–H and O–H groups in total. The third kappa shape index (κ3) is 4.80. The third-order valence-electron chi connectivity index (χ3n) is 8.12. The first-order valence-electron chi connectivity index (χ1n) is 12.9. The number of allylic oxidation sites excluding steroid dienone is 2. The number of carbonyl (C=O) groups excluding carboxylic acids is 1. The van der Waals surface area contributed by atoms with Crippen molar-refractivity contribution in [3.05, 3.63) is 36.5 Å². The first-order chi connectivity index (χ1) is 16.3. The molecule has 1 aromatic heterocycles. The van der Waals surface area contributed by atoms with Gasteiger partial charge in [0.25, 0.3) is 0 Å². The second-order valence-corrected chi connectivity index (χ2v) is 11.5. The van der Waals surface area contributed by atoms with Crippen molar-refractivity contribution in [3.63, 3.8) is 0 Å². The van der Waals surface area contributed by atoms with Crippen molar-refractivity contribution < 1.29 is 14.3 Å². The first kappa shape index (κ1) is 23.2. The number of nitrogens with zero attached hydrogens (tertiary/aromatic N) is 2. The molecule has 2 fully saturated rings. The Morgan fingerprint density at radius 3 is 2.74 bits per heavy atom. The fourth-order valence-corrected chi connectivity index (χ4v) is 5.95. The first-order valence-corrected chi connectivity index (χ1v) is 12.9. The molecule has 2 aromatic rings. The highest BCUT2D eigenvalue weighted by Crippen LogP contribution is 2.51. The average molecular weight is 463 g/mol. The van der Waals surface area contributed by atoms with Crippen LogP contribution in [-0.4, -0.2) is 37.6 Å². The van der Waals surface area contributed by atoms with Gasteiger partial charge < -0.3 is 14.4 Å². The van der Waals surface area contributed by atoms with E-state index < -0.39 is 0 Å². The average Bonchev–Trinajstić information content (AvgIpc) is 3.65. The van der Waals surface area contributed by atoms with E-state index in [0.29, 0.717) is 30.1 Å². The molecule has 3 aliphatic rings. The van der Waals surface area contributed by atoms with Crippen molar-refractivity contribution in [2.75, 3.05) is 31.7 Å². The van der Waals surface area contributed by atoms with Crippen molar-refractivity contribution in [2.24, 2.45) is 29.1 Å². The molecule has 5 rings (SSSR count). The highest BCUT2D eigenvalue weighted by Gasteiger charge is 2.48. The smallest absolute Gasteiger partial charge is 0.161 e. The maximum absolute atomic E-state index is 12.6. The van der Waals surface area contributed by atoms with Gasteiger partial charge in [0.1, 0.15) is 12.4 Å². The van der Waals surface area contributed by atoms with Crippen LogP contribution in [0.3, 0.4) is 0 Å². The van der Waals surface area contributed by atoms with Crippen molar-refractivity contribution in [3.8, 4) is 11.5 Å². The second-order valence-electron chi connectivity index (χ2n) is 11.5. The summed E-state index contributed by atoms with van der Waals surface area (Å²) in [6, 6.07) is 6.05. The van der Waals surface area contributed by atoms with Crippen LogP contribution in [0.1, 0.15) is 52.9 Å². The number of anilines is 1. The Balaban J connectivity index is 1.20. The van der Waals surface area contributed by atoms with E-state index in [0.717, 1.165) is 47.6 Å². The number of pyridine rings is 1. The fourth-order valence-electron chi connectivity index (χ4n) is 5.95. The maximum atomic E-state index is 12.6. The molecule has 2 aliphatic carbocycles. The summed E-state index contributed by atoms with van der Waals surface area (Å²) in [7, 11) is 1.70. The van der Waals surface area contributed by atoms with Gasteiger partial charge in [0.15, 0.2) is 11.5 Å². The Bertz CT molecular complexity index is 1070. The molecule has 5 nitrogen and oxygen atoms in total. The molecule has 182 valence electrons. The lowest BCUT2D eigenvalue weighted by Gasteiger charge is -2.36. The highest BCUT2D eigenvalue weighted by molar-refractivity contribution is 5.96. The summed E-state index contributed by atoms with van der Waals surface area (Å²) < 4.78 is 11.4. The SMILES string of the molecule is COc1ccc2ncc3c(c2c1)N(CC1CCC(/C=C/C(=O)C2CC2C(C)(C)C)CC1)CCO3. The molecule has 0 spiro atoms. The maximum Gasteiger partial charge on any atom is 0.161 e. The van der Waals surface area contributed by atoms with E-state index in [9.17, 15) is 4.79 Å². The van der Waals surface area contributed by atoms with Crippen LogP contribution in [0.5, 0.6) is 11.5 Å². The minimum Gasteiger partial charge on any atom is -0.497 e. The zero-order chi connectivity index (χ0) is 23.9. The molecule has 0 saturated heterocycles. The zero-order valence-electron chi connectivity index (χ0n) is 21.0. The van der Waals surface area contributed by atoms with Gasteiger partial charge in [0.2, 0.25) is 0 Å². The minimum atomic E-state index is 0.247. The van der Waals surface area contributed by atoms with E-state index in [1.54, 1.807) is 7.11 Å². The van der Waals surface area contributed by atoms with Gasteiger partial charge in [0, 0.05) is 17.8 Å². The van der Waals surface area contributed by atoms with Crippen LogP contribution in [-0.2, 0) is 4.79 Å². The van der Waals surface area contributed by atoms with E-state index in [2.05, 4.69) is 42.8 Å². The predicted octanol–water partition coefficient (Wildman–Crippen LogP) is 6.06. The molecule has 0 bridgehead atoms. The summed E-state index contributed by atoms with van der Waals surface area (Å²) in [5.41, 5.74) is 2.37. The van der Waals surface area contributed by atoms with Gasteiger partial charge >= 0.3 is 0 Å². The molecule has 0 amide bonds. The molecule has 1 aliphatic heterocycles. The van der Waals surface area contributed by atoms with Crippen LogP contribution in [0.4, 0.5) is 5.69 Å². The fraction of sp³-hybridized carbons (Fsp3) is 0.586. The van der Waals surface area contributed by atoms with Crippen LogP contribution >= 0.6 is 0 Å². The van der Waals surface area contributed by atoms with Gasteiger partial charge in [-0.25, -0.2) is 0 Å². The predicted molar refractivity (Wildman–Crippen MR) is 137 cm³/mol. The van der Waals surface area contributed by atoms with Crippen LogP contribution in [0.2, 0.25) is 0 Å². The molecule has 2 unspecified atom stereocenters. The van der Waals surface area contributed by atoms with Gasteiger partial charge in [0.05, 0.1) is 31.1 Å². The lowest BCUT2D eigenvalue weighted by molar-refractivity contribution is -0.116. The van der Waals surface area contributed by atoms with Gasteiger partial charge in [-0.2, -0.15) is 0 Å². The lowest BCUT2D eigenvalue weighted by atomic mass is 9.81. The van der Waals surface area contributed by atoms with Crippen molar-refractivity contribution in [1.82, 2.24) is 4.98 Å². The number of carbonyl (C=O) groups is 1. The Hall–Kier alpha value is -2.56. The number of ketones is 1. The molecule has 2 atom stereocenters. The van der Waals surface area contributed by atoms with E-state index in [4.69, 9.17) is 9.47 Å². The van der Waals surface area contributed by atoms with Crippen molar-refractivity contribution >= 4 is 22.4 Å². The number of rotatable bonds is 6. The Kier molecular flexibility index (Phi) is 6.30. The van der Waals surface area contributed by atoms with Crippen molar-refractivity contribution in [2.45, 2.75) is 52.9 Å². The van der Waals surface area contributed by atoms with E-state index in [1.807, 2.05) is 24.4 Å². The topological polar surface area (TPSA) is 51.7 Å². The van der Waals surface area contributed by atoms with Crippen LogP contribution in [0.25, 0.3) is 10.9 Å². The Labute approximate surface area is 203 Å². The molecule has 34 heavy (non-hydrogen) atoms. The summed E-state index contributed by atoms with van der Waals surface area (Å²) in [5.74, 6) is 4.08. The summed E-state index contributed by atoms with van der Waals surface area (Å²) in [6.07, 6.45) is 11.8. The molecule has 0 radical (unpaired) electrons. The van der Waals surface area contributed by atoms with Gasteiger partial charge in [-0.3, -0.25) is 9.78 Å². The van der Waals surface area contributed by atoms with E-state index in [1.165, 1.54) is 25.7 Å². The molecule has 1 aromatic carbocycles. The van der Waals surface area contributed by atoms with Crippen LogP contribution < -0.4 is 14.4 Å². The number of hydrogen-bond acceptors (Lipinski definition) is 5. The minimum absolute atomic E-state index is 0.247. The molecular weight excluding hydrogens is 424 g/mol. The number of ether oxygens (including phenoxy) is 2. The number of fused-ring (bicyclic) bond motifs is 3. The largest absolute Gasteiger partial charge is 0.497 e. The van der Waals surface area contributed by atoms with E-state index in [-0.39, 0.29) is 11.3 Å². The van der Waals surface area contributed by atoms with Crippen molar-refractivity contribution in [1.29, 1.82) is 0 Å². The summed E-state index contributed by atoms with van der Waals surface area (Å²) in [5, 5.41) is 1.10. The summed E-state index contributed by atoms with van der Waals surface area (Å²) in [4.78, 5) is 19.7. The van der Waals surface area contributed by atoms with Crippen LogP contribution in [0, 0.1) is 29.1 Å². The summed E-state index contributed by atoms with van der Waals surface area (Å²) in [6.45, 7) is 9.38. The standard InChI is InChI=1S/C29H38N2O3/c1-29(2,3)24-16-22(24)26(32)12-9-19-5-7-20(8-6-19)18-31-13-14-34-27-17-30-25-11-10-21(33-4)15-23(25)28(27)31/h9-12,15,17,19-20,22,24H,5-8,13-14,16,18H2,1-4H3/b12-9+. The molecule has 5 heteroatoms. The monoisotopic (exact) mass is 462 g/mol. The number of aromatic nitrogens is 1. The van der Waals surface area contributed by atoms with Crippen LogP contribution in [0.15, 0.2) is 36.5 Å². The summed E-state index contributed by atoms with van der Waals surface area (Å²) >= 11 is 0. The van der Waals surface area contributed by atoms with Gasteiger partial charge in [-0.15, -0.1) is 0 Å². The van der Waals surface area contributed by atoms with E-state index >= 15 is 0 Å². The van der Waals surface area contributed by atoms with Gasteiger partial charge in [-0.1, -0.05) is 26.8 Å². The molecular formula is C29H38N2O3. The number of hydrogen-bond donors (Lipinski definition) is 0. The second kappa shape index (κ2) is 9.24. The number of benzene rings is 1. The number of methoxy groups -OCH3 is 1. The lowest BCUT2D eigenvalue weighted by Crippen LogP contribution is -2.37. The highest BCUT2D eigenvalue weighted by atomic mass is 16.5. The van der Waals surface area contributed by atoms with Gasteiger partial charge in [-0.05, 0) is 79.5 Å². The Morgan fingerprint density at radius 1 is 1.24 bits per heavy atom. The zero-order valence-corrected chi connectivity index (χ0v) is 21.0. The quantitative estimate of drug-likeness (QED) is 0.489.